The third-order valence-corrected chi connectivity index (χ3v) is 2.81. The van der Waals surface area contributed by atoms with Gasteiger partial charge in [0.1, 0.15) is 11.6 Å². The van der Waals surface area contributed by atoms with Crippen molar-refractivity contribution in [2.45, 2.75) is 6.92 Å². The number of benzene rings is 1. The summed E-state index contributed by atoms with van der Waals surface area (Å²) in [6.45, 7) is 2.54. The van der Waals surface area contributed by atoms with E-state index in [-0.39, 0.29) is 0 Å². The second-order valence-corrected chi connectivity index (χ2v) is 4.21. The molecule has 1 aromatic heterocycles. The highest BCUT2D eigenvalue weighted by Gasteiger charge is 2.09. The summed E-state index contributed by atoms with van der Waals surface area (Å²) in [6, 6.07) is 7.63. The van der Waals surface area contributed by atoms with E-state index in [0.717, 1.165) is 11.3 Å². The number of nitrogens with zero attached hydrogens (tertiary/aromatic N) is 2. The molecule has 4 nitrogen and oxygen atoms in total. The molecule has 0 aliphatic carbocycles. The molecule has 0 saturated carbocycles. The SMILES string of the molecule is CCOc1ccccc1-c1ncc(Br)c(N)n1. The van der Waals surface area contributed by atoms with Crippen molar-refractivity contribution < 1.29 is 4.74 Å². The van der Waals surface area contributed by atoms with Crippen molar-refractivity contribution in [1.29, 1.82) is 0 Å². The Balaban J connectivity index is 2.48. The normalized spacial score (nSPS) is 10.2. The number of hydrogen-bond acceptors (Lipinski definition) is 4. The van der Waals surface area contributed by atoms with Crippen molar-refractivity contribution in [3.63, 3.8) is 0 Å². The highest BCUT2D eigenvalue weighted by atomic mass is 79.9. The van der Waals surface area contributed by atoms with Crippen molar-refractivity contribution in [3.05, 3.63) is 34.9 Å². The third kappa shape index (κ3) is 2.55. The molecule has 0 amide bonds. The molecule has 0 fully saturated rings. The fraction of sp³-hybridized carbons (Fsp3) is 0.167. The van der Waals surface area contributed by atoms with Crippen LogP contribution in [0.2, 0.25) is 0 Å². The smallest absolute Gasteiger partial charge is 0.165 e. The van der Waals surface area contributed by atoms with Gasteiger partial charge in [-0.2, -0.15) is 0 Å². The molecule has 0 aliphatic rings. The van der Waals surface area contributed by atoms with Crippen LogP contribution in [0.1, 0.15) is 6.92 Å². The maximum Gasteiger partial charge on any atom is 0.165 e. The van der Waals surface area contributed by atoms with Crippen LogP contribution in [0.25, 0.3) is 11.4 Å². The molecule has 1 heterocycles. The van der Waals surface area contributed by atoms with Crippen LogP contribution in [-0.2, 0) is 0 Å². The number of nitrogens with two attached hydrogens (primary N) is 1. The minimum atomic E-state index is 0.418. The van der Waals surface area contributed by atoms with Gasteiger partial charge < -0.3 is 10.5 Å². The molecule has 0 aliphatic heterocycles. The van der Waals surface area contributed by atoms with Gasteiger partial charge in [0, 0.05) is 6.20 Å². The van der Waals surface area contributed by atoms with Gasteiger partial charge in [0.15, 0.2) is 5.82 Å². The predicted molar refractivity (Wildman–Crippen MR) is 70.7 cm³/mol. The Kier molecular flexibility index (Phi) is 3.58. The molecular formula is C12H12BrN3O. The lowest BCUT2D eigenvalue weighted by molar-refractivity contribution is 0.341. The summed E-state index contributed by atoms with van der Waals surface area (Å²) in [5.41, 5.74) is 6.58. The number of hydrogen-bond donors (Lipinski definition) is 1. The molecule has 1 aromatic carbocycles. The molecule has 0 atom stereocenters. The maximum absolute atomic E-state index is 5.74. The van der Waals surface area contributed by atoms with Gasteiger partial charge in [-0.1, -0.05) is 12.1 Å². The quantitative estimate of drug-likeness (QED) is 0.945. The number of para-hydroxylation sites is 1. The van der Waals surface area contributed by atoms with E-state index in [1.807, 2.05) is 31.2 Å². The van der Waals surface area contributed by atoms with Gasteiger partial charge in [0.2, 0.25) is 0 Å². The maximum atomic E-state index is 5.74. The van der Waals surface area contributed by atoms with Crippen molar-refractivity contribution in [3.8, 4) is 17.1 Å². The summed E-state index contributed by atoms with van der Waals surface area (Å²) in [5, 5.41) is 0. The number of halogens is 1. The first kappa shape index (κ1) is 11.9. The summed E-state index contributed by atoms with van der Waals surface area (Å²) < 4.78 is 6.22. The highest BCUT2D eigenvalue weighted by molar-refractivity contribution is 9.10. The second-order valence-electron chi connectivity index (χ2n) is 3.36. The number of anilines is 1. The first-order valence-electron chi connectivity index (χ1n) is 5.22. The second kappa shape index (κ2) is 5.14. The Morgan fingerprint density at radius 3 is 2.82 bits per heavy atom. The fourth-order valence-electron chi connectivity index (χ4n) is 1.44. The van der Waals surface area contributed by atoms with Crippen LogP contribution in [0.3, 0.4) is 0 Å². The lowest BCUT2D eigenvalue weighted by atomic mass is 10.2. The fourth-order valence-corrected chi connectivity index (χ4v) is 1.63. The number of ether oxygens (including phenoxy) is 1. The van der Waals surface area contributed by atoms with Gasteiger partial charge in [0.05, 0.1) is 16.6 Å². The Hall–Kier alpha value is -1.62. The Morgan fingerprint density at radius 1 is 1.35 bits per heavy atom. The van der Waals surface area contributed by atoms with Gasteiger partial charge in [-0.3, -0.25) is 0 Å². The third-order valence-electron chi connectivity index (χ3n) is 2.20. The molecule has 2 N–H and O–H groups in total. The number of nitrogen functional groups attached to an aromatic ring is 1. The van der Waals surface area contributed by atoms with Crippen LogP contribution < -0.4 is 10.5 Å². The first-order valence-corrected chi connectivity index (χ1v) is 6.02. The monoisotopic (exact) mass is 293 g/mol. The van der Waals surface area contributed by atoms with Crippen molar-refractivity contribution in [1.82, 2.24) is 9.97 Å². The van der Waals surface area contributed by atoms with Crippen LogP contribution in [0.4, 0.5) is 5.82 Å². The Morgan fingerprint density at radius 2 is 2.12 bits per heavy atom. The number of aromatic nitrogens is 2. The van der Waals surface area contributed by atoms with Crippen molar-refractivity contribution in [2.75, 3.05) is 12.3 Å². The summed E-state index contributed by atoms with van der Waals surface area (Å²) in [4.78, 5) is 8.46. The Bertz CT molecular complexity index is 531. The van der Waals surface area contributed by atoms with Crippen LogP contribution in [0.15, 0.2) is 34.9 Å². The zero-order valence-corrected chi connectivity index (χ0v) is 10.9. The van der Waals surface area contributed by atoms with Gasteiger partial charge in [-0.25, -0.2) is 9.97 Å². The van der Waals surface area contributed by atoms with Crippen LogP contribution in [0, 0.1) is 0 Å². The van der Waals surface area contributed by atoms with E-state index >= 15 is 0 Å². The van der Waals surface area contributed by atoms with Crippen LogP contribution >= 0.6 is 15.9 Å². The first-order chi connectivity index (χ1) is 8.22. The minimum Gasteiger partial charge on any atom is -0.493 e. The Labute approximate surface area is 108 Å². The molecule has 17 heavy (non-hydrogen) atoms. The molecule has 0 spiro atoms. The lowest BCUT2D eigenvalue weighted by Gasteiger charge is -2.09. The molecule has 0 saturated heterocycles. The topological polar surface area (TPSA) is 61.0 Å². The van der Waals surface area contributed by atoms with E-state index in [1.54, 1.807) is 6.20 Å². The van der Waals surface area contributed by atoms with Crippen LogP contribution in [-0.4, -0.2) is 16.6 Å². The molecule has 0 radical (unpaired) electrons. The van der Waals surface area contributed by atoms with E-state index in [4.69, 9.17) is 10.5 Å². The molecule has 0 unspecified atom stereocenters. The standard InChI is InChI=1S/C12H12BrN3O/c1-2-17-10-6-4-3-5-8(10)12-15-7-9(13)11(14)16-12/h3-7H,2H2,1H3,(H2,14,15,16). The zero-order chi connectivity index (χ0) is 12.3. The summed E-state index contributed by atoms with van der Waals surface area (Å²) >= 11 is 3.27. The average Bonchev–Trinajstić information content (AvgIpc) is 2.34. The van der Waals surface area contributed by atoms with E-state index in [2.05, 4.69) is 25.9 Å². The molecule has 2 rings (SSSR count). The van der Waals surface area contributed by atoms with Crippen LogP contribution in [0.5, 0.6) is 5.75 Å². The molecule has 0 bridgehead atoms. The van der Waals surface area contributed by atoms with Crippen molar-refractivity contribution >= 4 is 21.7 Å². The van der Waals surface area contributed by atoms with Gasteiger partial charge in [0.25, 0.3) is 0 Å². The largest absolute Gasteiger partial charge is 0.493 e. The summed E-state index contributed by atoms with van der Waals surface area (Å²) in [5.74, 6) is 1.74. The van der Waals surface area contributed by atoms with E-state index < -0.39 is 0 Å². The average molecular weight is 294 g/mol. The van der Waals surface area contributed by atoms with Crippen molar-refractivity contribution in [2.24, 2.45) is 0 Å². The highest BCUT2D eigenvalue weighted by Crippen LogP contribution is 2.28. The summed E-state index contributed by atoms with van der Waals surface area (Å²) in [6.07, 6.45) is 1.64. The number of rotatable bonds is 3. The van der Waals surface area contributed by atoms with E-state index in [1.165, 1.54) is 0 Å². The summed E-state index contributed by atoms with van der Waals surface area (Å²) in [7, 11) is 0. The van der Waals surface area contributed by atoms with Gasteiger partial charge in [-0.05, 0) is 35.0 Å². The zero-order valence-electron chi connectivity index (χ0n) is 9.35. The van der Waals surface area contributed by atoms with E-state index in [9.17, 15) is 0 Å². The predicted octanol–water partition coefficient (Wildman–Crippen LogP) is 2.89. The van der Waals surface area contributed by atoms with Gasteiger partial charge >= 0.3 is 0 Å². The van der Waals surface area contributed by atoms with Gasteiger partial charge in [-0.15, -0.1) is 0 Å². The minimum absolute atomic E-state index is 0.418. The van der Waals surface area contributed by atoms with E-state index in [0.29, 0.717) is 22.7 Å². The molecule has 5 heteroatoms. The molecular weight excluding hydrogens is 282 g/mol. The lowest BCUT2D eigenvalue weighted by Crippen LogP contribution is -1.99. The molecule has 88 valence electrons. The molecule has 2 aromatic rings.